The van der Waals surface area contributed by atoms with Gasteiger partial charge in [-0.15, -0.1) is 6.58 Å². The van der Waals surface area contributed by atoms with Crippen molar-refractivity contribution in [2.75, 3.05) is 38.0 Å². The quantitative estimate of drug-likeness (QED) is 0.614. The zero-order valence-corrected chi connectivity index (χ0v) is 17.4. The second kappa shape index (κ2) is 9.09. The molecule has 1 aliphatic heterocycles. The van der Waals surface area contributed by atoms with E-state index in [2.05, 4.69) is 21.8 Å². The Balaban J connectivity index is 1.59. The number of imidazole rings is 1. The fraction of sp³-hybridized carbons (Fsp3) is 0.348. The molecule has 0 spiro atoms. The number of aromatic nitrogens is 3. The minimum Gasteiger partial charge on any atom is -0.358 e. The molecule has 1 saturated heterocycles. The fourth-order valence-electron chi connectivity index (χ4n) is 3.90. The monoisotopic (exact) mass is 404 g/mol. The van der Waals surface area contributed by atoms with E-state index in [-0.39, 0.29) is 11.9 Å². The van der Waals surface area contributed by atoms with Crippen LogP contribution in [0.5, 0.6) is 0 Å². The maximum Gasteiger partial charge on any atom is 0.245 e. The molecule has 1 fully saturated rings. The first-order valence-electron chi connectivity index (χ1n) is 10.5. The van der Waals surface area contributed by atoms with Crippen LogP contribution >= 0.6 is 0 Å². The van der Waals surface area contributed by atoms with Gasteiger partial charge in [-0.3, -0.25) is 19.1 Å². The first-order valence-corrected chi connectivity index (χ1v) is 10.5. The van der Waals surface area contributed by atoms with Crippen molar-refractivity contribution in [2.45, 2.75) is 19.4 Å². The van der Waals surface area contributed by atoms with E-state index in [0.29, 0.717) is 6.42 Å². The molecular formula is C23H28N6O. The average Bonchev–Trinajstić information content (AvgIpc) is 3.17. The molecule has 7 nitrogen and oxygen atoms in total. The summed E-state index contributed by atoms with van der Waals surface area (Å²) >= 11 is 0. The van der Waals surface area contributed by atoms with Crippen molar-refractivity contribution in [1.29, 1.82) is 0 Å². The third-order valence-electron chi connectivity index (χ3n) is 5.57. The van der Waals surface area contributed by atoms with Gasteiger partial charge in [0.2, 0.25) is 5.91 Å². The summed E-state index contributed by atoms with van der Waals surface area (Å²) in [6.07, 6.45) is 7.95. The summed E-state index contributed by atoms with van der Waals surface area (Å²) < 4.78 is 1.97. The third kappa shape index (κ3) is 4.07. The number of hydrogen-bond acceptors (Lipinski definition) is 5. The van der Waals surface area contributed by atoms with E-state index in [4.69, 9.17) is 4.98 Å². The molecule has 1 aliphatic rings. The number of carbonyl (C=O) groups is 1. The minimum atomic E-state index is -0.313. The molecule has 0 aliphatic carbocycles. The van der Waals surface area contributed by atoms with Crippen LogP contribution in [0.4, 0.5) is 5.82 Å². The molecule has 4 rings (SSSR count). The molecule has 0 radical (unpaired) electrons. The van der Waals surface area contributed by atoms with Crippen LogP contribution < -0.4 is 5.32 Å². The smallest absolute Gasteiger partial charge is 0.245 e. The highest BCUT2D eigenvalue weighted by molar-refractivity contribution is 5.87. The maximum absolute atomic E-state index is 13.3. The summed E-state index contributed by atoms with van der Waals surface area (Å²) in [6.45, 7) is 9.96. The van der Waals surface area contributed by atoms with Crippen molar-refractivity contribution in [3.05, 3.63) is 61.6 Å². The summed E-state index contributed by atoms with van der Waals surface area (Å²) in [5.41, 5.74) is 2.58. The lowest BCUT2D eigenvalue weighted by molar-refractivity contribution is -0.133. The fourth-order valence-corrected chi connectivity index (χ4v) is 3.90. The highest BCUT2D eigenvalue weighted by Crippen LogP contribution is 2.29. The normalized spacial score (nSPS) is 15.8. The SMILES string of the molecule is C=CCN1CCN(C(=O)C(CC)Nc2c(-c3ccccc3)nc3cnccn23)CC1. The number of carbonyl (C=O) groups excluding carboxylic acids is 1. The van der Waals surface area contributed by atoms with Crippen LogP contribution in [-0.4, -0.2) is 68.8 Å². The van der Waals surface area contributed by atoms with Gasteiger partial charge >= 0.3 is 0 Å². The number of rotatable bonds is 7. The van der Waals surface area contributed by atoms with Gasteiger partial charge in [-0.25, -0.2) is 4.98 Å². The Morgan fingerprint density at radius 2 is 2.00 bits per heavy atom. The van der Waals surface area contributed by atoms with E-state index in [0.717, 1.165) is 55.4 Å². The zero-order valence-electron chi connectivity index (χ0n) is 17.4. The van der Waals surface area contributed by atoms with Gasteiger partial charge < -0.3 is 10.2 Å². The molecule has 156 valence electrons. The Bertz CT molecular complexity index is 1010. The van der Waals surface area contributed by atoms with Crippen LogP contribution in [0.15, 0.2) is 61.6 Å². The standard InChI is InChI=1S/C23H28N6O/c1-3-11-27-13-15-28(16-14-27)23(30)19(4-2)25-22-21(18-8-6-5-7-9-18)26-20-17-24-10-12-29(20)22/h3,5-10,12,17,19,25H,1,4,11,13-16H2,2H3. The van der Waals surface area contributed by atoms with E-state index in [1.807, 2.05) is 58.8 Å². The topological polar surface area (TPSA) is 65.8 Å². The Kier molecular flexibility index (Phi) is 6.09. The molecule has 7 heteroatoms. The summed E-state index contributed by atoms with van der Waals surface area (Å²) in [7, 11) is 0. The van der Waals surface area contributed by atoms with Crippen molar-refractivity contribution in [2.24, 2.45) is 0 Å². The van der Waals surface area contributed by atoms with Crippen LogP contribution in [0.2, 0.25) is 0 Å². The number of anilines is 1. The summed E-state index contributed by atoms with van der Waals surface area (Å²) in [5, 5.41) is 3.50. The number of nitrogens with zero attached hydrogens (tertiary/aromatic N) is 5. The van der Waals surface area contributed by atoms with Gasteiger partial charge in [-0.2, -0.15) is 0 Å². The van der Waals surface area contributed by atoms with Gasteiger partial charge in [0, 0.05) is 50.7 Å². The number of benzene rings is 1. The number of nitrogens with one attached hydrogen (secondary N) is 1. The molecule has 1 aromatic carbocycles. The lowest BCUT2D eigenvalue weighted by Crippen LogP contribution is -2.52. The molecule has 0 bridgehead atoms. The van der Waals surface area contributed by atoms with Gasteiger partial charge in [0.15, 0.2) is 5.65 Å². The molecule has 3 aromatic rings. The van der Waals surface area contributed by atoms with E-state index < -0.39 is 0 Å². The highest BCUT2D eigenvalue weighted by Gasteiger charge is 2.28. The van der Waals surface area contributed by atoms with Gasteiger partial charge in [0.05, 0.1) is 6.20 Å². The highest BCUT2D eigenvalue weighted by atomic mass is 16.2. The van der Waals surface area contributed by atoms with Crippen molar-refractivity contribution >= 4 is 17.4 Å². The average molecular weight is 405 g/mol. The van der Waals surface area contributed by atoms with Crippen LogP contribution in [0.1, 0.15) is 13.3 Å². The molecule has 3 heterocycles. The lowest BCUT2D eigenvalue weighted by Gasteiger charge is -2.36. The van der Waals surface area contributed by atoms with Gasteiger partial charge in [-0.05, 0) is 6.42 Å². The van der Waals surface area contributed by atoms with Crippen LogP contribution in [-0.2, 0) is 4.79 Å². The van der Waals surface area contributed by atoms with E-state index >= 15 is 0 Å². The van der Waals surface area contributed by atoms with Crippen molar-refractivity contribution < 1.29 is 4.79 Å². The van der Waals surface area contributed by atoms with Gasteiger partial charge in [0.1, 0.15) is 17.6 Å². The summed E-state index contributed by atoms with van der Waals surface area (Å²) in [6, 6.07) is 9.72. The molecule has 30 heavy (non-hydrogen) atoms. The van der Waals surface area contributed by atoms with Gasteiger partial charge in [0.25, 0.3) is 0 Å². The van der Waals surface area contributed by atoms with Gasteiger partial charge in [-0.1, -0.05) is 43.3 Å². The van der Waals surface area contributed by atoms with Crippen LogP contribution in [0, 0.1) is 0 Å². The first-order chi connectivity index (χ1) is 14.7. The van der Waals surface area contributed by atoms with E-state index in [1.54, 1.807) is 12.4 Å². The second-order valence-corrected chi connectivity index (χ2v) is 7.50. The Labute approximate surface area is 177 Å². The van der Waals surface area contributed by atoms with E-state index in [9.17, 15) is 4.79 Å². The third-order valence-corrected chi connectivity index (χ3v) is 5.57. The minimum absolute atomic E-state index is 0.138. The predicted octanol–water partition coefficient (Wildman–Crippen LogP) is 2.92. The number of piperazine rings is 1. The lowest BCUT2D eigenvalue weighted by atomic mass is 10.1. The number of amides is 1. The number of hydrogen-bond donors (Lipinski definition) is 1. The summed E-state index contributed by atoms with van der Waals surface area (Å²) in [5.74, 6) is 0.961. The first kappa shape index (κ1) is 20.1. The Morgan fingerprint density at radius 1 is 1.23 bits per heavy atom. The van der Waals surface area contributed by atoms with Crippen LogP contribution in [0.25, 0.3) is 16.9 Å². The van der Waals surface area contributed by atoms with Crippen molar-refractivity contribution in [1.82, 2.24) is 24.2 Å². The van der Waals surface area contributed by atoms with Crippen LogP contribution in [0.3, 0.4) is 0 Å². The molecule has 1 atom stereocenters. The number of fused-ring (bicyclic) bond motifs is 1. The Morgan fingerprint density at radius 3 is 2.70 bits per heavy atom. The van der Waals surface area contributed by atoms with E-state index in [1.165, 1.54) is 0 Å². The molecule has 1 unspecified atom stereocenters. The second-order valence-electron chi connectivity index (χ2n) is 7.50. The zero-order chi connectivity index (χ0) is 20.9. The van der Waals surface area contributed by atoms with Crippen molar-refractivity contribution in [3.8, 4) is 11.3 Å². The Hall–Kier alpha value is -3.19. The molecule has 1 N–H and O–H groups in total. The summed E-state index contributed by atoms with van der Waals surface area (Å²) in [4.78, 5) is 26.5. The molecule has 0 saturated carbocycles. The molecule has 1 amide bonds. The molecule has 2 aromatic heterocycles. The predicted molar refractivity (Wildman–Crippen MR) is 119 cm³/mol. The maximum atomic E-state index is 13.3. The van der Waals surface area contributed by atoms with Crippen molar-refractivity contribution in [3.63, 3.8) is 0 Å². The molecular weight excluding hydrogens is 376 g/mol. The largest absolute Gasteiger partial charge is 0.358 e.